The van der Waals surface area contributed by atoms with E-state index in [2.05, 4.69) is 97.0 Å². The van der Waals surface area contributed by atoms with E-state index in [1.807, 2.05) is 0 Å². The van der Waals surface area contributed by atoms with Gasteiger partial charge in [-0.05, 0) is 43.6 Å². The SMILES string of the molecule is COC[C@@H]1CCCN1/N=C/c1ccc(C)cc1P(c1ccccc1)c1ccccc1. The smallest absolute Gasteiger partial charge is 0.0704 e. The largest absolute Gasteiger partial charge is 0.382 e. The first-order chi connectivity index (χ1) is 14.8. The zero-order chi connectivity index (χ0) is 20.8. The van der Waals surface area contributed by atoms with Crippen LogP contribution in [0.25, 0.3) is 0 Å². The fraction of sp³-hybridized carbons (Fsp3) is 0.269. The van der Waals surface area contributed by atoms with E-state index in [1.165, 1.54) is 33.5 Å². The molecule has 0 radical (unpaired) electrons. The fourth-order valence-corrected chi connectivity index (χ4v) is 6.53. The summed E-state index contributed by atoms with van der Waals surface area (Å²) in [5.74, 6) is 0. The molecule has 1 saturated heterocycles. The minimum absolute atomic E-state index is 0.380. The number of ether oxygens (including phenoxy) is 1. The van der Waals surface area contributed by atoms with Crippen LogP contribution < -0.4 is 15.9 Å². The molecular formula is C26H29N2OP. The van der Waals surface area contributed by atoms with Crippen LogP contribution in [-0.2, 0) is 4.74 Å². The molecule has 0 aromatic heterocycles. The summed E-state index contributed by atoms with van der Waals surface area (Å²) in [5.41, 5.74) is 2.47. The maximum Gasteiger partial charge on any atom is 0.0704 e. The summed E-state index contributed by atoms with van der Waals surface area (Å²) in [4.78, 5) is 0. The number of methoxy groups -OCH3 is 1. The predicted molar refractivity (Wildman–Crippen MR) is 129 cm³/mol. The maximum absolute atomic E-state index is 5.39. The van der Waals surface area contributed by atoms with Crippen LogP contribution in [-0.4, -0.2) is 37.5 Å². The van der Waals surface area contributed by atoms with Gasteiger partial charge in [0.25, 0.3) is 0 Å². The Morgan fingerprint density at radius 1 is 1.00 bits per heavy atom. The molecule has 0 N–H and O–H groups in total. The predicted octanol–water partition coefficient (Wildman–Crippen LogP) is 4.20. The van der Waals surface area contributed by atoms with Crippen LogP contribution in [0.5, 0.6) is 0 Å². The van der Waals surface area contributed by atoms with Crippen molar-refractivity contribution in [1.82, 2.24) is 5.01 Å². The minimum atomic E-state index is -0.659. The zero-order valence-electron chi connectivity index (χ0n) is 17.7. The number of hydrogen-bond acceptors (Lipinski definition) is 3. The summed E-state index contributed by atoms with van der Waals surface area (Å²) in [7, 11) is 1.11. The molecule has 0 amide bonds. The molecule has 0 bridgehead atoms. The molecule has 30 heavy (non-hydrogen) atoms. The van der Waals surface area contributed by atoms with E-state index in [0.29, 0.717) is 6.04 Å². The van der Waals surface area contributed by atoms with Crippen molar-refractivity contribution in [2.24, 2.45) is 5.10 Å². The first-order valence-electron chi connectivity index (χ1n) is 10.6. The van der Waals surface area contributed by atoms with Gasteiger partial charge < -0.3 is 4.74 Å². The third kappa shape index (κ3) is 4.80. The summed E-state index contributed by atoms with van der Waals surface area (Å²) in [6.07, 6.45) is 4.38. The van der Waals surface area contributed by atoms with Crippen molar-refractivity contribution in [2.75, 3.05) is 20.3 Å². The summed E-state index contributed by atoms with van der Waals surface area (Å²) < 4.78 is 5.39. The van der Waals surface area contributed by atoms with Gasteiger partial charge >= 0.3 is 0 Å². The molecule has 1 atom stereocenters. The molecular weight excluding hydrogens is 387 g/mol. The summed E-state index contributed by atoms with van der Waals surface area (Å²) in [6, 6.07) is 28.8. The van der Waals surface area contributed by atoms with Crippen LogP contribution in [0, 0.1) is 6.92 Å². The van der Waals surface area contributed by atoms with Crippen molar-refractivity contribution in [2.45, 2.75) is 25.8 Å². The molecule has 1 aliphatic rings. The molecule has 154 valence electrons. The Kier molecular flexibility index (Phi) is 6.94. The Morgan fingerprint density at radius 3 is 2.30 bits per heavy atom. The highest BCUT2D eigenvalue weighted by molar-refractivity contribution is 7.80. The standard InChI is InChI=1S/C26H29N2OP/c1-21-15-16-22(19-27-28-17-9-10-23(28)20-29-2)26(18-21)30(24-11-5-3-6-12-24)25-13-7-4-8-14-25/h3-8,11-16,18-19,23H,9-10,17,20H2,1-2H3/b27-19+/t23-/m0/s1. The van der Waals surface area contributed by atoms with Crippen molar-refractivity contribution in [1.29, 1.82) is 0 Å². The zero-order valence-corrected chi connectivity index (χ0v) is 18.6. The average Bonchev–Trinajstić information content (AvgIpc) is 3.22. The fourth-order valence-electron chi connectivity index (χ4n) is 4.01. The van der Waals surface area contributed by atoms with Gasteiger partial charge in [0.05, 0.1) is 18.9 Å². The van der Waals surface area contributed by atoms with Gasteiger partial charge in [-0.1, -0.05) is 84.4 Å². The Hall–Kier alpha value is -2.48. The van der Waals surface area contributed by atoms with Crippen molar-refractivity contribution in [3.8, 4) is 0 Å². The molecule has 0 unspecified atom stereocenters. The summed E-state index contributed by atoms with van der Waals surface area (Å²) >= 11 is 0. The van der Waals surface area contributed by atoms with Crippen LogP contribution in [0.3, 0.4) is 0 Å². The van der Waals surface area contributed by atoms with Gasteiger partial charge in [0, 0.05) is 19.2 Å². The van der Waals surface area contributed by atoms with Gasteiger partial charge in [0.15, 0.2) is 0 Å². The maximum atomic E-state index is 5.39. The third-order valence-electron chi connectivity index (χ3n) is 5.51. The van der Waals surface area contributed by atoms with E-state index in [1.54, 1.807) is 7.11 Å². The van der Waals surface area contributed by atoms with Gasteiger partial charge in [0.2, 0.25) is 0 Å². The second-order valence-electron chi connectivity index (χ2n) is 7.73. The van der Waals surface area contributed by atoms with Crippen molar-refractivity contribution in [3.05, 3.63) is 90.0 Å². The van der Waals surface area contributed by atoms with Crippen molar-refractivity contribution in [3.63, 3.8) is 0 Å². The van der Waals surface area contributed by atoms with Crippen LogP contribution >= 0.6 is 7.92 Å². The highest BCUT2D eigenvalue weighted by Gasteiger charge is 2.23. The van der Waals surface area contributed by atoms with E-state index >= 15 is 0 Å². The van der Waals surface area contributed by atoms with Gasteiger partial charge in [0.1, 0.15) is 0 Å². The summed E-state index contributed by atoms with van der Waals surface area (Å²) in [6.45, 7) is 3.90. The van der Waals surface area contributed by atoms with Gasteiger partial charge in [-0.15, -0.1) is 0 Å². The van der Waals surface area contributed by atoms with Crippen molar-refractivity contribution >= 4 is 30.0 Å². The molecule has 1 heterocycles. The number of aryl methyl sites for hydroxylation is 1. The van der Waals surface area contributed by atoms with Crippen LogP contribution in [0.4, 0.5) is 0 Å². The first-order valence-corrected chi connectivity index (χ1v) is 11.9. The quantitative estimate of drug-likeness (QED) is 0.426. The molecule has 1 aliphatic heterocycles. The molecule has 1 fully saturated rings. The number of nitrogens with zero attached hydrogens (tertiary/aromatic N) is 2. The first kappa shape index (κ1) is 20.8. The van der Waals surface area contributed by atoms with Crippen LogP contribution in [0.1, 0.15) is 24.0 Å². The number of hydrazone groups is 1. The van der Waals surface area contributed by atoms with E-state index in [9.17, 15) is 0 Å². The number of benzene rings is 3. The molecule has 0 aliphatic carbocycles. The second-order valence-corrected chi connectivity index (χ2v) is 9.91. The second kappa shape index (κ2) is 10.0. The molecule has 4 heteroatoms. The molecule has 0 spiro atoms. The lowest BCUT2D eigenvalue weighted by Crippen LogP contribution is -2.29. The highest BCUT2D eigenvalue weighted by Crippen LogP contribution is 2.34. The lowest BCUT2D eigenvalue weighted by Gasteiger charge is -2.23. The van der Waals surface area contributed by atoms with Crippen LogP contribution in [0.2, 0.25) is 0 Å². The van der Waals surface area contributed by atoms with Gasteiger partial charge in [-0.25, -0.2) is 0 Å². The minimum Gasteiger partial charge on any atom is -0.382 e. The Labute approximate surface area is 181 Å². The average molecular weight is 417 g/mol. The molecule has 0 saturated carbocycles. The molecule has 3 nitrogen and oxygen atoms in total. The highest BCUT2D eigenvalue weighted by atomic mass is 31.1. The van der Waals surface area contributed by atoms with E-state index < -0.39 is 7.92 Å². The normalized spacial score (nSPS) is 16.6. The van der Waals surface area contributed by atoms with E-state index in [0.717, 1.165) is 19.6 Å². The lowest BCUT2D eigenvalue weighted by atomic mass is 10.2. The van der Waals surface area contributed by atoms with E-state index in [-0.39, 0.29) is 0 Å². The topological polar surface area (TPSA) is 24.8 Å². The number of rotatable bonds is 7. The molecule has 3 aromatic carbocycles. The third-order valence-corrected chi connectivity index (χ3v) is 8.00. The van der Waals surface area contributed by atoms with Crippen molar-refractivity contribution < 1.29 is 4.74 Å². The van der Waals surface area contributed by atoms with Gasteiger partial charge in [-0.2, -0.15) is 5.10 Å². The monoisotopic (exact) mass is 416 g/mol. The van der Waals surface area contributed by atoms with E-state index in [4.69, 9.17) is 9.84 Å². The molecule has 3 aromatic rings. The Balaban J connectivity index is 1.75. The summed E-state index contributed by atoms with van der Waals surface area (Å²) in [5, 5.41) is 11.2. The van der Waals surface area contributed by atoms with Gasteiger partial charge in [-0.3, -0.25) is 5.01 Å². The molecule has 4 rings (SSSR count). The number of hydrogen-bond donors (Lipinski definition) is 0. The van der Waals surface area contributed by atoms with Crippen LogP contribution in [0.15, 0.2) is 84.0 Å². The Bertz CT molecular complexity index is 935. The Morgan fingerprint density at radius 2 is 1.67 bits per heavy atom. The lowest BCUT2D eigenvalue weighted by molar-refractivity contribution is 0.118.